The Hall–Kier alpha value is -3.67. The first-order valence-corrected chi connectivity index (χ1v) is 9.67. The van der Waals surface area contributed by atoms with Crippen LogP contribution in [-0.2, 0) is 12.1 Å². The number of nitrogens with one attached hydrogen (secondary N) is 1. The fraction of sp³-hybridized carbons (Fsp3) is 0.167. The smallest absolute Gasteiger partial charge is 0.255 e. The number of aromatic nitrogens is 2. The number of carbonyl (C=O) groups excluding carboxylic acids is 1. The van der Waals surface area contributed by atoms with Gasteiger partial charge in [0.05, 0.1) is 5.56 Å². The molecule has 152 valence electrons. The summed E-state index contributed by atoms with van der Waals surface area (Å²) in [4.78, 5) is 16.8. The molecule has 6 heteroatoms. The predicted octanol–water partition coefficient (Wildman–Crippen LogP) is 4.72. The molecule has 4 rings (SSSR count). The van der Waals surface area contributed by atoms with Gasteiger partial charge in [0, 0.05) is 30.7 Å². The van der Waals surface area contributed by atoms with Gasteiger partial charge in [-0.05, 0) is 49.7 Å². The Kier molecular flexibility index (Phi) is 5.23. The van der Waals surface area contributed by atoms with Crippen LogP contribution in [0.3, 0.4) is 0 Å². The first-order chi connectivity index (χ1) is 14.4. The Bertz CT molecular complexity index is 1180. The minimum absolute atomic E-state index is 0.187. The molecule has 2 heterocycles. The van der Waals surface area contributed by atoms with Gasteiger partial charge >= 0.3 is 0 Å². The van der Waals surface area contributed by atoms with Gasteiger partial charge in [0.2, 0.25) is 0 Å². The van der Waals surface area contributed by atoms with Crippen LogP contribution in [0.25, 0.3) is 5.65 Å². The molecule has 5 nitrogen and oxygen atoms in total. The number of nitrogens with zero attached hydrogens (tertiary/aromatic N) is 2. The van der Waals surface area contributed by atoms with E-state index in [0.29, 0.717) is 29.1 Å². The molecule has 2 aromatic heterocycles. The van der Waals surface area contributed by atoms with Crippen molar-refractivity contribution in [2.45, 2.75) is 26.0 Å². The summed E-state index contributed by atoms with van der Waals surface area (Å²) in [6.07, 6.45) is 5.31. The third kappa shape index (κ3) is 4.03. The second-order valence-electron chi connectivity index (χ2n) is 7.50. The summed E-state index contributed by atoms with van der Waals surface area (Å²) in [6, 6.07) is 17.6. The Morgan fingerprint density at radius 3 is 2.60 bits per heavy atom. The van der Waals surface area contributed by atoms with Crippen LogP contribution < -0.4 is 10.1 Å². The number of halogens is 1. The van der Waals surface area contributed by atoms with Crippen molar-refractivity contribution in [1.29, 1.82) is 0 Å². The third-order valence-electron chi connectivity index (χ3n) is 4.94. The van der Waals surface area contributed by atoms with E-state index in [1.807, 2.05) is 50.4 Å². The molecule has 0 aliphatic heterocycles. The molecule has 0 radical (unpaired) electrons. The normalized spacial score (nSPS) is 11.4. The summed E-state index contributed by atoms with van der Waals surface area (Å²) in [5.74, 6) is 0.141. The van der Waals surface area contributed by atoms with E-state index in [-0.39, 0.29) is 11.7 Å². The van der Waals surface area contributed by atoms with Gasteiger partial charge < -0.3 is 14.5 Å². The highest BCUT2D eigenvalue weighted by Crippen LogP contribution is 2.29. The third-order valence-corrected chi connectivity index (χ3v) is 4.94. The maximum atomic E-state index is 14.1. The van der Waals surface area contributed by atoms with Crippen LogP contribution in [0.15, 0.2) is 79.3 Å². The van der Waals surface area contributed by atoms with Gasteiger partial charge in [0.1, 0.15) is 22.8 Å². The minimum Gasteiger partial charge on any atom is -0.483 e. The van der Waals surface area contributed by atoms with Crippen LogP contribution in [-0.4, -0.2) is 15.3 Å². The number of imidazole rings is 1. The number of fused-ring (bicyclic) bond motifs is 1. The quantitative estimate of drug-likeness (QED) is 0.507. The van der Waals surface area contributed by atoms with E-state index in [2.05, 4.69) is 10.3 Å². The van der Waals surface area contributed by atoms with Crippen LogP contribution in [0.4, 0.5) is 4.39 Å². The van der Waals surface area contributed by atoms with Crippen molar-refractivity contribution in [3.8, 4) is 5.75 Å². The lowest BCUT2D eigenvalue weighted by Gasteiger charge is -2.27. The van der Waals surface area contributed by atoms with Crippen molar-refractivity contribution >= 4 is 11.6 Å². The van der Waals surface area contributed by atoms with Gasteiger partial charge in [-0.2, -0.15) is 0 Å². The molecule has 1 N–H and O–H groups in total. The molecule has 0 atom stereocenters. The number of hydrogen-bond acceptors (Lipinski definition) is 3. The molecule has 2 aromatic carbocycles. The fourth-order valence-corrected chi connectivity index (χ4v) is 3.38. The van der Waals surface area contributed by atoms with Gasteiger partial charge in [-0.3, -0.25) is 4.79 Å². The first-order valence-electron chi connectivity index (χ1n) is 9.67. The Balaban J connectivity index is 1.41. The lowest BCUT2D eigenvalue weighted by Crippen LogP contribution is -2.26. The molecule has 0 aliphatic rings. The van der Waals surface area contributed by atoms with Crippen molar-refractivity contribution in [3.05, 3.63) is 102 Å². The Labute approximate surface area is 174 Å². The van der Waals surface area contributed by atoms with E-state index in [9.17, 15) is 9.18 Å². The molecule has 0 bridgehead atoms. The van der Waals surface area contributed by atoms with Crippen molar-refractivity contribution in [1.82, 2.24) is 14.7 Å². The topological polar surface area (TPSA) is 55.6 Å². The lowest BCUT2D eigenvalue weighted by molar-refractivity contribution is 0.0952. The highest BCUT2D eigenvalue weighted by Gasteiger charge is 2.25. The molecule has 0 unspecified atom stereocenters. The number of pyridine rings is 1. The van der Waals surface area contributed by atoms with Crippen LogP contribution in [0.1, 0.15) is 35.3 Å². The largest absolute Gasteiger partial charge is 0.483 e. The van der Waals surface area contributed by atoms with Crippen molar-refractivity contribution in [3.63, 3.8) is 0 Å². The Morgan fingerprint density at radius 1 is 1.07 bits per heavy atom. The summed E-state index contributed by atoms with van der Waals surface area (Å²) >= 11 is 0. The van der Waals surface area contributed by atoms with E-state index >= 15 is 0 Å². The van der Waals surface area contributed by atoms with Crippen LogP contribution in [0, 0.1) is 5.82 Å². The summed E-state index contributed by atoms with van der Waals surface area (Å²) in [6.45, 7) is 4.03. The molecular weight excluding hydrogens is 381 g/mol. The number of rotatable bonds is 6. The van der Waals surface area contributed by atoms with Gasteiger partial charge in [-0.25, -0.2) is 9.37 Å². The molecule has 4 aromatic rings. The van der Waals surface area contributed by atoms with Crippen molar-refractivity contribution in [2.24, 2.45) is 0 Å². The van der Waals surface area contributed by atoms with E-state index in [0.717, 1.165) is 5.56 Å². The fourth-order valence-electron chi connectivity index (χ4n) is 3.38. The summed E-state index contributed by atoms with van der Waals surface area (Å²) < 4.78 is 21.9. The molecule has 0 fully saturated rings. The summed E-state index contributed by atoms with van der Waals surface area (Å²) in [5.41, 5.74) is 1.75. The van der Waals surface area contributed by atoms with Crippen molar-refractivity contribution < 1.29 is 13.9 Å². The Morgan fingerprint density at radius 2 is 1.83 bits per heavy atom. The standard InChI is InChI=1S/C24H22FN3O2/c1-24(2,20-7-3-4-8-21(20)25)30-18-11-9-17(10-12-18)16-27-23(29)19-6-5-14-28-15-13-26-22(19)28/h3-15H,16H2,1-2H3,(H,27,29). The van der Waals surface area contributed by atoms with Crippen LogP contribution in [0.5, 0.6) is 5.75 Å². The second kappa shape index (κ2) is 7.99. The number of carbonyl (C=O) groups is 1. The average Bonchev–Trinajstić information content (AvgIpc) is 3.22. The zero-order valence-corrected chi connectivity index (χ0v) is 16.8. The number of hydrogen-bond donors (Lipinski definition) is 1. The van der Waals surface area contributed by atoms with Gasteiger partial charge in [-0.1, -0.05) is 30.3 Å². The van der Waals surface area contributed by atoms with E-state index in [4.69, 9.17) is 4.74 Å². The zero-order valence-electron chi connectivity index (χ0n) is 16.8. The van der Waals surface area contributed by atoms with Gasteiger partial charge in [0.15, 0.2) is 0 Å². The van der Waals surface area contributed by atoms with E-state index in [1.165, 1.54) is 6.07 Å². The zero-order chi connectivity index (χ0) is 21.1. The lowest BCUT2D eigenvalue weighted by atomic mass is 9.97. The SMILES string of the molecule is CC(C)(Oc1ccc(CNC(=O)c2cccn3ccnc23)cc1)c1ccccc1F. The number of ether oxygens (including phenoxy) is 1. The molecule has 0 saturated heterocycles. The van der Waals surface area contributed by atoms with Crippen LogP contribution >= 0.6 is 0 Å². The maximum Gasteiger partial charge on any atom is 0.255 e. The number of benzene rings is 2. The van der Waals surface area contributed by atoms with E-state index in [1.54, 1.807) is 41.1 Å². The predicted molar refractivity (Wildman–Crippen MR) is 113 cm³/mol. The first kappa shape index (κ1) is 19.6. The molecule has 0 spiro atoms. The second-order valence-corrected chi connectivity index (χ2v) is 7.50. The molecule has 0 aliphatic carbocycles. The van der Waals surface area contributed by atoms with Gasteiger partial charge in [-0.15, -0.1) is 0 Å². The summed E-state index contributed by atoms with van der Waals surface area (Å²) in [5, 5.41) is 2.92. The van der Waals surface area contributed by atoms with Gasteiger partial charge in [0.25, 0.3) is 5.91 Å². The summed E-state index contributed by atoms with van der Waals surface area (Å²) in [7, 11) is 0. The number of amides is 1. The molecule has 1 amide bonds. The minimum atomic E-state index is -0.816. The average molecular weight is 403 g/mol. The maximum absolute atomic E-state index is 14.1. The monoisotopic (exact) mass is 403 g/mol. The molecule has 30 heavy (non-hydrogen) atoms. The highest BCUT2D eigenvalue weighted by molar-refractivity contribution is 5.99. The van der Waals surface area contributed by atoms with E-state index < -0.39 is 5.60 Å². The van der Waals surface area contributed by atoms with Crippen molar-refractivity contribution in [2.75, 3.05) is 0 Å². The molecule has 0 saturated carbocycles. The highest BCUT2D eigenvalue weighted by atomic mass is 19.1. The van der Waals surface area contributed by atoms with Crippen LogP contribution in [0.2, 0.25) is 0 Å². The molecular formula is C24H22FN3O2.